The van der Waals surface area contributed by atoms with Crippen molar-refractivity contribution >= 4 is 22.6 Å². The number of nitrogens with zero attached hydrogens (tertiary/aromatic N) is 1. The lowest BCUT2D eigenvalue weighted by Crippen LogP contribution is -2.21. The van der Waals surface area contributed by atoms with E-state index in [0.717, 1.165) is 22.3 Å². The normalized spacial score (nSPS) is 10.3. The molecule has 1 aromatic heterocycles. The van der Waals surface area contributed by atoms with Gasteiger partial charge in [-0.1, -0.05) is 18.2 Å². The van der Waals surface area contributed by atoms with Crippen LogP contribution in [0.5, 0.6) is 0 Å². The van der Waals surface area contributed by atoms with Gasteiger partial charge in [-0.3, -0.25) is 4.79 Å². The van der Waals surface area contributed by atoms with Crippen LogP contribution < -0.4 is 10.6 Å². The Hall–Kier alpha value is -2.10. The first-order valence-corrected chi connectivity index (χ1v) is 6.01. The fourth-order valence-electron chi connectivity index (χ4n) is 1.82. The van der Waals surface area contributed by atoms with Gasteiger partial charge in [0.25, 0.3) is 0 Å². The van der Waals surface area contributed by atoms with Crippen molar-refractivity contribution in [2.24, 2.45) is 0 Å². The van der Waals surface area contributed by atoms with Crippen LogP contribution in [-0.4, -0.2) is 24.5 Å². The fraction of sp³-hybridized carbons (Fsp3) is 0.286. The number of nitrogens with one attached hydrogen (secondary N) is 2. The van der Waals surface area contributed by atoms with Gasteiger partial charge in [0.15, 0.2) is 0 Å². The highest BCUT2D eigenvalue weighted by atomic mass is 16.1. The van der Waals surface area contributed by atoms with Crippen LogP contribution in [0.15, 0.2) is 30.3 Å². The Morgan fingerprint density at radius 3 is 2.89 bits per heavy atom. The van der Waals surface area contributed by atoms with Crippen molar-refractivity contribution in [3.63, 3.8) is 0 Å². The number of carbonyl (C=O) groups excluding carboxylic acids is 1. The zero-order valence-corrected chi connectivity index (χ0v) is 10.7. The van der Waals surface area contributed by atoms with Crippen LogP contribution in [0.4, 0.5) is 5.82 Å². The van der Waals surface area contributed by atoms with Crippen molar-refractivity contribution in [3.05, 3.63) is 35.9 Å². The quantitative estimate of drug-likeness (QED) is 0.864. The van der Waals surface area contributed by atoms with Crippen molar-refractivity contribution in [1.29, 1.82) is 0 Å². The first kappa shape index (κ1) is 12.4. The first-order chi connectivity index (χ1) is 8.70. The summed E-state index contributed by atoms with van der Waals surface area (Å²) in [6, 6.07) is 10.1. The number of aryl methyl sites for hydroxylation is 1. The summed E-state index contributed by atoms with van der Waals surface area (Å²) in [5.74, 6) is 0.874. The highest BCUT2D eigenvalue weighted by Crippen LogP contribution is 2.19. The van der Waals surface area contributed by atoms with E-state index >= 15 is 0 Å². The van der Waals surface area contributed by atoms with Gasteiger partial charge in [0, 0.05) is 25.4 Å². The zero-order valence-electron chi connectivity index (χ0n) is 10.7. The smallest absolute Gasteiger partial charge is 0.221 e. The largest absolute Gasteiger partial charge is 0.369 e. The van der Waals surface area contributed by atoms with Crippen molar-refractivity contribution in [1.82, 2.24) is 10.3 Å². The lowest BCUT2D eigenvalue weighted by atomic mass is 10.1. The van der Waals surface area contributed by atoms with Gasteiger partial charge >= 0.3 is 0 Å². The summed E-state index contributed by atoms with van der Waals surface area (Å²) in [6.45, 7) is 2.60. The number of carbonyl (C=O) groups is 1. The van der Waals surface area contributed by atoms with E-state index in [4.69, 9.17) is 0 Å². The summed E-state index contributed by atoms with van der Waals surface area (Å²) in [4.78, 5) is 15.7. The lowest BCUT2D eigenvalue weighted by Gasteiger charge is -2.09. The third-order valence-electron chi connectivity index (χ3n) is 2.84. The summed E-state index contributed by atoms with van der Waals surface area (Å²) >= 11 is 0. The maximum Gasteiger partial charge on any atom is 0.221 e. The Balaban J connectivity index is 2.13. The molecule has 0 spiro atoms. The van der Waals surface area contributed by atoms with Crippen molar-refractivity contribution < 1.29 is 4.79 Å². The monoisotopic (exact) mass is 243 g/mol. The molecule has 0 atom stereocenters. The number of amides is 1. The van der Waals surface area contributed by atoms with Gasteiger partial charge in [0.05, 0.1) is 5.52 Å². The number of fused-ring (bicyclic) bond motifs is 1. The molecule has 0 aliphatic heterocycles. The Morgan fingerprint density at radius 2 is 2.11 bits per heavy atom. The summed E-state index contributed by atoms with van der Waals surface area (Å²) < 4.78 is 0. The van der Waals surface area contributed by atoms with Crippen LogP contribution in [0, 0.1) is 6.92 Å². The molecule has 2 rings (SSSR count). The second-order valence-electron chi connectivity index (χ2n) is 4.20. The van der Waals surface area contributed by atoms with E-state index in [-0.39, 0.29) is 5.91 Å². The highest BCUT2D eigenvalue weighted by Gasteiger charge is 2.03. The minimum Gasteiger partial charge on any atom is -0.369 e. The molecule has 0 saturated heterocycles. The molecule has 0 aliphatic rings. The molecular weight excluding hydrogens is 226 g/mol. The van der Waals surface area contributed by atoms with Gasteiger partial charge < -0.3 is 10.6 Å². The first-order valence-electron chi connectivity index (χ1n) is 6.01. The van der Waals surface area contributed by atoms with Crippen LogP contribution >= 0.6 is 0 Å². The minimum absolute atomic E-state index is 0.0287. The molecule has 0 aliphatic carbocycles. The van der Waals surface area contributed by atoms with Gasteiger partial charge in [0.2, 0.25) is 5.91 Å². The molecule has 0 bridgehead atoms. The van der Waals surface area contributed by atoms with E-state index in [9.17, 15) is 4.79 Å². The number of pyridine rings is 1. The second-order valence-corrected chi connectivity index (χ2v) is 4.20. The van der Waals surface area contributed by atoms with E-state index in [0.29, 0.717) is 13.0 Å². The average molecular weight is 243 g/mol. The molecule has 94 valence electrons. The molecule has 2 N–H and O–H groups in total. The molecule has 1 aromatic carbocycles. The van der Waals surface area contributed by atoms with Crippen LogP contribution in [0.25, 0.3) is 10.9 Å². The Bertz CT molecular complexity index is 566. The van der Waals surface area contributed by atoms with E-state index in [1.807, 2.05) is 31.2 Å². The molecule has 0 unspecified atom stereocenters. The summed E-state index contributed by atoms with van der Waals surface area (Å²) in [6.07, 6.45) is 0.449. The Kier molecular flexibility index (Phi) is 3.77. The van der Waals surface area contributed by atoms with Crippen LogP contribution in [0.2, 0.25) is 0 Å². The van der Waals surface area contributed by atoms with Gasteiger partial charge in [-0.25, -0.2) is 4.98 Å². The number of anilines is 1. The molecule has 2 aromatic rings. The lowest BCUT2D eigenvalue weighted by molar-refractivity contribution is -0.120. The minimum atomic E-state index is 0.0287. The molecule has 18 heavy (non-hydrogen) atoms. The van der Waals surface area contributed by atoms with Crippen LogP contribution in [-0.2, 0) is 4.79 Å². The van der Waals surface area contributed by atoms with E-state index < -0.39 is 0 Å². The molecular formula is C14H17N3O. The number of benzene rings is 1. The summed E-state index contributed by atoms with van der Waals surface area (Å²) in [5.41, 5.74) is 2.05. The van der Waals surface area contributed by atoms with Gasteiger partial charge in [0.1, 0.15) is 5.82 Å². The fourth-order valence-corrected chi connectivity index (χ4v) is 1.82. The van der Waals surface area contributed by atoms with Crippen LogP contribution in [0.1, 0.15) is 12.0 Å². The highest BCUT2D eigenvalue weighted by molar-refractivity contribution is 5.81. The molecule has 4 nitrogen and oxygen atoms in total. The maximum absolute atomic E-state index is 11.1. The van der Waals surface area contributed by atoms with Crippen molar-refractivity contribution in [2.45, 2.75) is 13.3 Å². The molecule has 0 radical (unpaired) electrons. The summed E-state index contributed by atoms with van der Waals surface area (Å²) in [5, 5.41) is 6.93. The number of hydrogen-bond acceptors (Lipinski definition) is 3. The molecule has 0 fully saturated rings. The maximum atomic E-state index is 11.1. The van der Waals surface area contributed by atoms with Gasteiger partial charge in [-0.05, 0) is 24.6 Å². The molecule has 1 heterocycles. The van der Waals surface area contributed by atoms with Crippen molar-refractivity contribution in [3.8, 4) is 0 Å². The molecule has 4 heteroatoms. The topological polar surface area (TPSA) is 54.0 Å². The van der Waals surface area contributed by atoms with E-state index in [1.165, 1.54) is 0 Å². The zero-order chi connectivity index (χ0) is 13.0. The SMILES string of the molecule is CNC(=O)CCNc1nc2ccccc2cc1C. The molecule has 1 amide bonds. The Labute approximate surface area is 106 Å². The predicted octanol–water partition coefficient (Wildman–Crippen LogP) is 2.09. The van der Waals surface area contributed by atoms with Gasteiger partial charge in [-0.2, -0.15) is 0 Å². The third kappa shape index (κ3) is 2.77. The van der Waals surface area contributed by atoms with E-state index in [2.05, 4.69) is 21.7 Å². The third-order valence-corrected chi connectivity index (χ3v) is 2.84. The number of aromatic nitrogens is 1. The van der Waals surface area contributed by atoms with Crippen LogP contribution in [0.3, 0.4) is 0 Å². The van der Waals surface area contributed by atoms with Gasteiger partial charge in [-0.15, -0.1) is 0 Å². The number of para-hydroxylation sites is 1. The summed E-state index contributed by atoms with van der Waals surface area (Å²) in [7, 11) is 1.64. The number of rotatable bonds is 4. The Morgan fingerprint density at radius 1 is 1.33 bits per heavy atom. The van der Waals surface area contributed by atoms with E-state index in [1.54, 1.807) is 7.05 Å². The van der Waals surface area contributed by atoms with Crippen molar-refractivity contribution in [2.75, 3.05) is 18.9 Å². The standard InChI is InChI=1S/C14H17N3O/c1-10-9-11-5-3-4-6-12(11)17-14(10)16-8-7-13(18)15-2/h3-6,9H,7-8H2,1-2H3,(H,15,18)(H,16,17). The molecule has 0 saturated carbocycles. The average Bonchev–Trinajstić information content (AvgIpc) is 2.39. The second kappa shape index (κ2) is 5.49. The number of hydrogen-bond donors (Lipinski definition) is 2. The predicted molar refractivity (Wildman–Crippen MR) is 73.7 cm³/mol.